The van der Waals surface area contributed by atoms with Crippen molar-refractivity contribution in [2.24, 2.45) is 11.0 Å². The topological polar surface area (TPSA) is 142 Å². The smallest absolute Gasteiger partial charge is 0.201 e. The molecular formula is C22H21N3O6. The monoisotopic (exact) mass is 423 g/mol. The van der Waals surface area contributed by atoms with Crippen LogP contribution in [0, 0.1) is 5.92 Å². The third-order valence-corrected chi connectivity index (χ3v) is 5.95. The lowest BCUT2D eigenvalue weighted by Gasteiger charge is -2.36. The molecule has 0 spiro atoms. The van der Waals surface area contributed by atoms with E-state index in [2.05, 4.69) is 10.0 Å². The first-order chi connectivity index (χ1) is 14.8. The quantitative estimate of drug-likeness (QED) is 0.371. The second-order valence-electron chi connectivity index (χ2n) is 7.84. The Labute approximate surface area is 177 Å². The molecule has 0 aromatic heterocycles. The van der Waals surface area contributed by atoms with Gasteiger partial charge < -0.3 is 19.7 Å². The van der Waals surface area contributed by atoms with Gasteiger partial charge in [-0.05, 0) is 42.1 Å². The molecule has 0 amide bonds. The Kier molecular flexibility index (Phi) is 5.41. The summed E-state index contributed by atoms with van der Waals surface area (Å²) in [5.41, 5.74) is 9.15. The number of nitrogens with zero attached hydrogens (tertiary/aromatic N) is 3. The summed E-state index contributed by atoms with van der Waals surface area (Å²) >= 11 is 0. The van der Waals surface area contributed by atoms with Gasteiger partial charge >= 0.3 is 0 Å². The van der Waals surface area contributed by atoms with Crippen LogP contribution in [0.4, 0.5) is 0 Å². The summed E-state index contributed by atoms with van der Waals surface area (Å²) in [6.45, 7) is 3.84. The predicted octanol–water partition coefficient (Wildman–Crippen LogP) is 3.84. The molecule has 9 heteroatoms. The van der Waals surface area contributed by atoms with Crippen molar-refractivity contribution in [1.29, 1.82) is 0 Å². The number of hydrogen-bond acceptors (Lipinski definition) is 7. The van der Waals surface area contributed by atoms with Crippen LogP contribution in [0.1, 0.15) is 57.7 Å². The number of carbonyl (C=O) groups excluding carboxylic acids is 2. The lowest BCUT2D eigenvalue weighted by molar-refractivity contribution is -0.212. The highest BCUT2D eigenvalue weighted by Crippen LogP contribution is 2.37. The van der Waals surface area contributed by atoms with Crippen molar-refractivity contribution in [3.8, 4) is 11.5 Å². The van der Waals surface area contributed by atoms with Gasteiger partial charge in [0.2, 0.25) is 5.78 Å². The number of aromatic hydroxyl groups is 2. The number of carbonyl (C=O) groups is 2. The first-order valence-corrected chi connectivity index (χ1v) is 9.90. The van der Waals surface area contributed by atoms with Crippen LogP contribution in [0.2, 0.25) is 0 Å². The molecule has 1 aliphatic heterocycles. The third-order valence-electron chi connectivity index (χ3n) is 5.95. The molecule has 2 N–H and O–H groups in total. The number of ether oxygens (including phenoxy) is 2. The van der Waals surface area contributed by atoms with Crippen LogP contribution in [0.25, 0.3) is 10.4 Å². The van der Waals surface area contributed by atoms with Gasteiger partial charge in [-0.25, -0.2) is 0 Å². The Hall–Kier alpha value is -3.39. The van der Waals surface area contributed by atoms with Gasteiger partial charge in [0.15, 0.2) is 12.1 Å². The van der Waals surface area contributed by atoms with E-state index < -0.39 is 17.9 Å². The summed E-state index contributed by atoms with van der Waals surface area (Å²) in [6.07, 6.45) is -0.402. The van der Waals surface area contributed by atoms with E-state index in [0.717, 1.165) is 0 Å². The van der Waals surface area contributed by atoms with Crippen molar-refractivity contribution in [3.63, 3.8) is 0 Å². The summed E-state index contributed by atoms with van der Waals surface area (Å²) in [5.74, 6) is -1.69. The van der Waals surface area contributed by atoms with Crippen LogP contribution in [0.3, 0.4) is 0 Å². The maximum atomic E-state index is 12.9. The number of hydrogen-bond donors (Lipinski definition) is 2. The van der Waals surface area contributed by atoms with Crippen LogP contribution in [0.15, 0.2) is 35.4 Å². The van der Waals surface area contributed by atoms with E-state index >= 15 is 0 Å². The molecule has 2 aliphatic rings. The van der Waals surface area contributed by atoms with E-state index in [4.69, 9.17) is 15.0 Å². The molecule has 1 aliphatic carbocycles. The maximum Gasteiger partial charge on any atom is 0.201 e. The average Bonchev–Trinajstić information content (AvgIpc) is 2.73. The largest absolute Gasteiger partial charge is 0.507 e. The molecule has 0 radical (unpaired) electrons. The van der Waals surface area contributed by atoms with Gasteiger partial charge in [-0.1, -0.05) is 24.2 Å². The molecule has 1 unspecified atom stereocenters. The molecule has 0 bridgehead atoms. The van der Waals surface area contributed by atoms with Crippen LogP contribution in [-0.2, 0) is 16.1 Å². The van der Waals surface area contributed by atoms with E-state index in [0.29, 0.717) is 12.0 Å². The normalized spacial score (nSPS) is 24.8. The van der Waals surface area contributed by atoms with E-state index in [1.165, 1.54) is 30.3 Å². The van der Waals surface area contributed by atoms with Crippen molar-refractivity contribution >= 4 is 11.6 Å². The van der Waals surface area contributed by atoms with Gasteiger partial charge in [-0.3, -0.25) is 9.59 Å². The van der Waals surface area contributed by atoms with E-state index in [9.17, 15) is 19.8 Å². The number of benzene rings is 2. The number of fused-ring (bicyclic) bond motifs is 2. The molecule has 0 saturated carbocycles. The predicted molar refractivity (Wildman–Crippen MR) is 109 cm³/mol. The fourth-order valence-electron chi connectivity index (χ4n) is 4.08. The SMILES string of the molecule is CC1O[C@@H](OCc2cc(O)c3c(c2)C(=O)c2cccc(O)c2C3=O)C[C@H](N=[N+]=[N-])[C@H]1C. The summed E-state index contributed by atoms with van der Waals surface area (Å²) in [7, 11) is 0. The third kappa shape index (κ3) is 3.63. The highest BCUT2D eigenvalue weighted by Gasteiger charge is 2.36. The number of rotatable bonds is 4. The molecular weight excluding hydrogens is 402 g/mol. The van der Waals surface area contributed by atoms with Crippen LogP contribution in [-0.4, -0.2) is 40.2 Å². The molecule has 1 heterocycles. The fourth-order valence-corrected chi connectivity index (χ4v) is 4.08. The standard InChI is InChI=1S/C22H21N3O6/c1-10-11(2)31-18(8-15(10)24-25-23)30-9-12-6-14-20(17(27)7-12)22(29)19-13(21(14)28)4-3-5-16(19)26/h3-7,10-11,15,18,26-27H,8-9H2,1-2H3/t10-,11?,15-,18+/m0/s1. The lowest BCUT2D eigenvalue weighted by atomic mass is 9.82. The molecule has 31 heavy (non-hydrogen) atoms. The summed E-state index contributed by atoms with van der Waals surface area (Å²) in [6, 6.07) is 6.87. The van der Waals surface area contributed by atoms with E-state index in [1.807, 2.05) is 13.8 Å². The van der Waals surface area contributed by atoms with Crippen molar-refractivity contribution in [3.05, 3.63) is 68.6 Å². The van der Waals surface area contributed by atoms with Crippen molar-refractivity contribution < 1.29 is 29.3 Å². The Bertz CT molecular complexity index is 1120. The zero-order chi connectivity index (χ0) is 22.3. The van der Waals surface area contributed by atoms with Crippen molar-refractivity contribution in [2.75, 3.05) is 0 Å². The Morgan fingerprint density at radius 2 is 1.87 bits per heavy atom. The minimum atomic E-state index is -0.616. The summed E-state index contributed by atoms with van der Waals surface area (Å²) < 4.78 is 11.6. The van der Waals surface area contributed by atoms with Gasteiger partial charge in [0.1, 0.15) is 11.5 Å². The Balaban J connectivity index is 1.58. The first kappa shape index (κ1) is 20.9. The van der Waals surface area contributed by atoms with Crippen molar-refractivity contribution in [1.82, 2.24) is 0 Å². The lowest BCUT2D eigenvalue weighted by Crippen LogP contribution is -2.41. The first-order valence-electron chi connectivity index (χ1n) is 9.90. The number of phenols is 2. The van der Waals surface area contributed by atoms with Crippen LogP contribution in [0.5, 0.6) is 11.5 Å². The van der Waals surface area contributed by atoms with Crippen LogP contribution >= 0.6 is 0 Å². The Morgan fingerprint density at radius 3 is 2.61 bits per heavy atom. The molecule has 4 rings (SSSR count). The van der Waals surface area contributed by atoms with Gasteiger partial charge in [-0.15, -0.1) is 0 Å². The van der Waals surface area contributed by atoms with E-state index in [-0.39, 0.29) is 58.4 Å². The minimum Gasteiger partial charge on any atom is -0.507 e. The Morgan fingerprint density at radius 1 is 1.13 bits per heavy atom. The van der Waals surface area contributed by atoms with E-state index in [1.54, 1.807) is 0 Å². The molecule has 2 aromatic rings. The fraction of sp³-hybridized carbons (Fsp3) is 0.364. The van der Waals surface area contributed by atoms with Gasteiger partial charge in [-0.2, -0.15) is 0 Å². The second-order valence-corrected chi connectivity index (χ2v) is 7.84. The zero-order valence-corrected chi connectivity index (χ0v) is 17.0. The van der Waals surface area contributed by atoms with Crippen LogP contribution < -0.4 is 0 Å². The molecule has 1 fully saturated rings. The highest BCUT2D eigenvalue weighted by molar-refractivity contribution is 6.30. The van der Waals surface area contributed by atoms with Gasteiger partial charge in [0, 0.05) is 28.5 Å². The van der Waals surface area contributed by atoms with Gasteiger partial charge in [0.05, 0.1) is 23.8 Å². The second kappa shape index (κ2) is 8.03. The summed E-state index contributed by atoms with van der Waals surface area (Å²) in [4.78, 5) is 28.6. The molecule has 9 nitrogen and oxygen atoms in total. The molecule has 2 aromatic carbocycles. The minimum absolute atomic E-state index is 0.0178. The van der Waals surface area contributed by atoms with Gasteiger partial charge in [0.25, 0.3) is 0 Å². The number of ketones is 2. The average molecular weight is 423 g/mol. The number of phenolic OH excluding ortho intramolecular Hbond substituents is 2. The highest BCUT2D eigenvalue weighted by atomic mass is 16.7. The zero-order valence-electron chi connectivity index (χ0n) is 17.0. The summed E-state index contributed by atoms with van der Waals surface area (Å²) in [5, 5.41) is 24.3. The molecule has 1 saturated heterocycles. The number of azide groups is 1. The molecule has 4 atom stereocenters. The van der Waals surface area contributed by atoms with Crippen molar-refractivity contribution in [2.45, 2.75) is 45.3 Å². The maximum absolute atomic E-state index is 12.9. The molecule has 160 valence electrons.